The molecule has 0 bridgehead atoms. The molecule has 0 N–H and O–H groups in total. The lowest BCUT2D eigenvalue weighted by atomic mass is 10.2. The van der Waals surface area contributed by atoms with Crippen molar-refractivity contribution in [1.82, 2.24) is 4.90 Å². The Hall–Kier alpha value is -1.24. The van der Waals surface area contributed by atoms with Gasteiger partial charge in [-0.1, -0.05) is 31.4 Å². The number of rotatable bonds is 4. The smallest absolute Gasteiger partial charge is 0.0169 e. The third kappa shape index (κ3) is 3.24. The van der Waals surface area contributed by atoms with Crippen LogP contribution in [0.1, 0.15) is 13.8 Å². The fourth-order valence-corrected chi connectivity index (χ4v) is 0.748. The van der Waals surface area contributed by atoms with E-state index in [0.717, 1.165) is 0 Å². The molecule has 1 heteroatoms. The highest BCUT2D eigenvalue weighted by Gasteiger charge is 1.95. The normalized spacial score (nSPS) is 12.6. The highest BCUT2D eigenvalue weighted by atomic mass is 15.1. The minimum atomic E-state index is 1.20. The van der Waals surface area contributed by atoms with Crippen LogP contribution in [0.15, 0.2) is 48.9 Å². The van der Waals surface area contributed by atoms with Crippen LogP contribution in [0.3, 0.4) is 0 Å². The quantitative estimate of drug-likeness (QED) is 0.576. The maximum absolute atomic E-state index is 3.69. The van der Waals surface area contributed by atoms with Crippen LogP contribution in [0.25, 0.3) is 0 Å². The van der Waals surface area contributed by atoms with Gasteiger partial charge in [0.1, 0.15) is 0 Å². The van der Waals surface area contributed by atoms with Gasteiger partial charge in [0.05, 0.1) is 0 Å². The second-order valence-electron chi connectivity index (χ2n) is 2.66. The maximum Gasteiger partial charge on any atom is 0.0169 e. The first kappa shape index (κ1) is 10.8. The third-order valence-electron chi connectivity index (χ3n) is 1.86. The van der Waals surface area contributed by atoms with E-state index < -0.39 is 0 Å². The fourth-order valence-electron chi connectivity index (χ4n) is 0.748. The van der Waals surface area contributed by atoms with Gasteiger partial charge in [0, 0.05) is 12.7 Å². The van der Waals surface area contributed by atoms with Crippen molar-refractivity contribution in [2.75, 3.05) is 7.05 Å². The van der Waals surface area contributed by atoms with E-state index in [0.29, 0.717) is 0 Å². The molecule has 0 spiro atoms. The van der Waals surface area contributed by atoms with Crippen molar-refractivity contribution in [3.05, 3.63) is 48.9 Å². The highest BCUT2D eigenvalue weighted by Crippen LogP contribution is 2.08. The van der Waals surface area contributed by atoms with Crippen LogP contribution < -0.4 is 0 Å². The third-order valence-corrected chi connectivity index (χ3v) is 1.86. The lowest BCUT2D eigenvalue weighted by Crippen LogP contribution is -2.07. The molecule has 0 radical (unpaired) electrons. The molecule has 0 atom stereocenters. The first-order valence-corrected chi connectivity index (χ1v) is 3.95. The molecule has 0 aromatic heterocycles. The van der Waals surface area contributed by atoms with Gasteiger partial charge >= 0.3 is 0 Å². The summed E-state index contributed by atoms with van der Waals surface area (Å²) in [5, 5.41) is 0. The lowest BCUT2D eigenvalue weighted by Gasteiger charge is -2.15. The van der Waals surface area contributed by atoms with Crippen LogP contribution in [0.2, 0.25) is 0 Å². The zero-order valence-corrected chi connectivity index (χ0v) is 8.17. The average Bonchev–Trinajstić information content (AvgIpc) is 2.11. The van der Waals surface area contributed by atoms with Gasteiger partial charge in [-0.15, -0.1) is 0 Å². The van der Waals surface area contributed by atoms with Gasteiger partial charge < -0.3 is 4.90 Å². The van der Waals surface area contributed by atoms with Crippen LogP contribution in [-0.2, 0) is 0 Å². The van der Waals surface area contributed by atoms with Gasteiger partial charge in [-0.3, -0.25) is 0 Å². The van der Waals surface area contributed by atoms with E-state index in [9.17, 15) is 0 Å². The van der Waals surface area contributed by atoms with E-state index >= 15 is 0 Å². The van der Waals surface area contributed by atoms with Crippen molar-refractivity contribution in [2.24, 2.45) is 0 Å². The number of hydrogen-bond acceptors (Lipinski definition) is 1. The van der Waals surface area contributed by atoms with E-state index in [1.54, 1.807) is 12.3 Å². The van der Waals surface area contributed by atoms with E-state index in [1.165, 1.54) is 11.3 Å². The predicted molar refractivity (Wildman–Crippen MR) is 55.7 cm³/mol. The number of allylic oxidation sites excluding steroid dienone is 5. The number of hydrogen-bond donors (Lipinski definition) is 0. The molecule has 66 valence electrons. The molecule has 0 aromatic carbocycles. The standard InChI is InChI=1S/C11H17N/c1-6-8-9-10(3)11(4)12(5)7-2/h6-9H,1-2H2,3-5H3/b9-8-,11-10+. The van der Waals surface area contributed by atoms with Crippen molar-refractivity contribution in [3.63, 3.8) is 0 Å². The van der Waals surface area contributed by atoms with Crippen LogP contribution in [0, 0.1) is 0 Å². The second-order valence-corrected chi connectivity index (χ2v) is 2.66. The van der Waals surface area contributed by atoms with Gasteiger partial charge in [-0.05, 0) is 25.6 Å². The zero-order valence-electron chi connectivity index (χ0n) is 8.17. The fraction of sp³-hybridized carbons (Fsp3) is 0.273. The molecule has 1 nitrogen and oxygen atoms in total. The molecule has 0 unspecified atom stereocenters. The van der Waals surface area contributed by atoms with E-state index in [1.807, 2.05) is 24.1 Å². The molecule has 0 saturated carbocycles. The molecule has 0 aliphatic rings. The van der Waals surface area contributed by atoms with Crippen molar-refractivity contribution < 1.29 is 0 Å². The molecule has 0 amide bonds. The first-order chi connectivity index (χ1) is 5.63. The Morgan fingerprint density at radius 3 is 2.25 bits per heavy atom. The molecule has 0 heterocycles. The molecule has 0 fully saturated rings. The first-order valence-electron chi connectivity index (χ1n) is 3.95. The summed E-state index contributed by atoms with van der Waals surface area (Å²) in [5.41, 5.74) is 2.42. The van der Waals surface area contributed by atoms with Crippen molar-refractivity contribution >= 4 is 0 Å². The summed E-state index contributed by atoms with van der Waals surface area (Å²) in [5.74, 6) is 0. The largest absolute Gasteiger partial charge is 0.355 e. The number of nitrogens with zero attached hydrogens (tertiary/aromatic N) is 1. The van der Waals surface area contributed by atoms with Crippen LogP contribution in [0.5, 0.6) is 0 Å². The Bertz CT molecular complexity index is 221. The Morgan fingerprint density at radius 1 is 1.25 bits per heavy atom. The molecule has 0 aliphatic carbocycles. The van der Waals surface area contributed by atoms with Gasteiger partial charge in [-0.2, -0.15) is 0 Å². The summed E-state index contributed by atoms with van der Waals surface area (Å²) >= 11 is 0. The van der Waals surface area contributed by atoms with Gasteiger partial charge in [0.15, 0.2) is 0 Å². The molecule has 0 aromatic rings. The van der Waals surface area contributed by atoms with Crippen molar-refractivity contribution in [3.8, 4) is 0 Å². The Balaban J connectivity index is 4.55. The lowest BCUT2D eigenvalue weighted by molar-refractivity contribution is 0.566. The van der Waals surface area contributed by atoms with Crippen LogP contribution >= 0.6 is 0 Å². The molecule has 0 rings (SSSR count). The summed E-state index contributed by atoms with van der Waals surface area (Å²) in [6, 6.07) is 0. The molecule has 0 aliphatic heterocycles. The average molecular weight is 163 g/mol. The van der Waals surface area contributed by atoms with E-state index in [4.69, 9.17) is 0 Å². The van der Waals surface area contributed by atoms with E-state index in [-0.39, 0.29) is 0 Å². The van der Waals surface area contributed by atoms with E-state index in [2.05, 4.69) is 27.0 Å². The van der Waals surface area contributed by atoms with Crippen LogP contribution in [-0.4, -0.2) is 11.9 Å². The summed E-state index contributed by atoms with van der Waals surface area (Å²) in [4.78, 5) is 1.99. The van der Waals surface area contributed by atoms with Gasteiger partial charge in [-0.25, -0.2) is 0 Å². The minimum Gasteiger partial charge on any atom is -0.355 e. The van der Waals surface area contributed by atoms with Crippen LogP contribution in [0.4, 0.5) is 0 Å². The minimum absolute atomic E-state index is 1.20. The maximum atomic E-state index is 3.69. The molecule has 0 saturated heterocycles. The Labute approximate surface area is 75.4 Å². The predicted octanol–water partition coefficient (Wildman–Crippen LogP) is 3.10. The van der Waals surface area contributed by atoms with Gasteiger partial charge in [0.2, 0.25) is 0 Å². The summed E-state index contributed by atoms with van der Waals surface area (Å²) in [6.45, 7) is 11.4. The summed E-state index contributed by atoms with van der Waals surface area (Å²) in [7, 11) is 1.98. The van der Waals surface area contributed by atoms with Crippen molar-refractivity contribution in [1.29, 1.82) is 0 Å². The summed E-state index contributed by atoms with van der Waals surface area (Å²) < 4.78 is 0. The van der Waals surface area contributed by atoms with Gasteiger partial charge in [0.25, 0.3) is 0 Å². The summed E-state index contributed by atoms with van der Waals surface area (Å²) in [6.07, 6.45) is 7.52. The zero-order chi connectivity index (χ0) is 9.56. The Morgan fingerprint density at radius 2 is 1.83 bits per heavy atom. The molecule has 12 heavy (non-hydrogen) atoms. The SMILES string of the molecule is C=C/C=C\C(C)=C(/C)N(C)C=C. The highest BCUT2D eigenvalue weighted by molar-refractivity contribution is 5.24. The molecular weight excluding hydrogens is 146 g/mol. The topological polar surface area (TPSA) is 3.24 Å². The molecular formula is C11H17N. The Kier molecular flexibility index (Phi) is 4.86. The second kappa shape index (κ2) is 5.42. The van der Waals surface area contributed by atoms with Crippen molar-refractivity contribution in [2.45, 2.75) is 13.8 Å². The monoisotopic (exact) mass is 163 g/mol.